The molecule has 0 atom stereocenters. The summed E-state index contributed by atoms with van der Waals surface area (Å²) in [5.41, 5.74) is 0.656. The van der Waals surface area contributed by atoms with Crippen molar-refractivity contribution in [3.63, 3.8) is 0 Å². The van der Waals surface area contributed by atoms with Crippen molar-refractivity contribution < 1.29 is 4.79 Å². The van der Waals surface area contributed by atoms with Gasteiger partial charge in [0.05, 0.1) is 5.56 Å². The lowest BCUT2D eigenvalue weighted by molar-refractivity contribution is 0.102. The van der Waals surface area contributed by atoms with E-state index in [9.17, 15) is 4.79 Å². The lowest BCUT2D eigenvalue weighted by Gasteiger charge is -2.03. The maximum Gasteiger partial charge on any atom is 0.258 e. The molecule has 4 nitrogen and oxygen atoms in total. The van der Waals surface area contributed by atoms with Gasteiger partial charge < -0.3 is 0 Å². The minimum atomic E-state index is -0.141. The molecule has 0 fully saturated rings. The molecule has 100 valence electrons. The predicted octanol–water partition coefficient (Wildman–Crippen LogP) is 3.59. The van der Waals surface area contributed by atoms with Crippen LogP contribution < -0.4 is 5.32 Å². The van der Waals surface area contributed by atoms with Crippen molar-refractivity contribution >= 4 is 45.0 Å². The van der Waals surface area contributed by atoms with Crippen LogP contribution in [-0.2, 0) is 6.42 Å². The number of nitrogens with zero attached hydrogens (tertiary/aromatic N) is 2. The van der Waals surface area contributed by atoms with E-state index in [0.717, 1.165) is 15.0 Å². The number of nitrogens with one attached hydrogen (secondary N) is 1. The Morgan fingerprint density at radius 2 is 2.11 bits per heavy atom. The number of benzene rings is 1. The number of aromatic nitrogens is 2. The second kappa shape index (κ2) is 6.42. The molecule has 6 heteroatoms. The van der Waals surface area contributed by atoms with Gasteiger partial charge in [0.1, 0.15) is 5.01 Å². The van der Waals surface area contributed by atoms with Gasteiger partial charge in [0.15, 0.2) is 0 Å². The summed E-state index contributed by atoms with van der Waals surface area (Å²) in [6.45, 7) is 4.26. The van der Waals surface area contributed by atoms with Crippen LogP contribution in [0, 0.1) is 9.49 Å². The Morgan fingerprint density at radius 1 is 1.37 bits per heavy atom. The van der Waals surface area contributed by atoms with Crippen LogP contribution in [0.4, 0.5) is 5.13 Å². The van der Waals surface area contributed by atoms with E-state index in [4.69, 9.17) is 0 Å². The molecule has 2 rings (SSSR count). The van der Waals surface area contributed by atoms with Crippen molar-refractivity contribution in [1.82, 2.24) is 10.2 Å². The van der Waals surface area contributed by atoms with Crippen LogP contribution in [0.5, 0.6) is 0 Å². The molecule has 0 spiro atoms. The van der Waals surface area contributed by atoms with Gasteiger partial charge in [0, 0.05) is 9.99 Å². The monoisotopic (exact) mass is 387 g/mol. The summed E-state index contributed by atoms with van der Waals surface area (Å²) in [6, 6.07) is 7.46. The van der Waals surface area contributed by atoms with Gasteiger partial charge in [-0.1, -0.05) is 37.3 Å². The van der Waals surface area contributed by atoms with Gasteiger partial charge in [-0.2, -0.15) is 0 Å². The van der Waals surface area contributed by atoms with Crippen LogP contribution in [0.1, 0.15) is 29.2 Å². The summed E-state index contributed by atoms with van der Waals surface area (Å²) >= 11 is 3.58. The first kappa shape index (κ1) is 14.4. The lowest BCUT2D eigenvalue weighted by Crippen LogP contribution is -2.13. The van der Waals surface area contributed by atoms with E-state index < -0.39 is 0 Å². The van der Waals surface area contributed by atoms with Crippen LogP contribution in [0.15, 0.2) is 24.3 Å². The number of hydrogen-bond acceptors (Lipinski definition) is 4. The molecule has 1 aromatic carbocycles. The van der Waals surface area contributed by atoms with Crippen molar-refractivity contribution in [2.75, 3.05) is 5.32 Å². The molecule has 1 heterocycles. The third-order valence-electron chi connectivity index (χ3n) is 2.39. The van der Waals surface area contributed by atoms with Gasteiger partial charge in [-0.25, -0.2) is 0 Å². The number of halogens is 1. The molecule has 0 aliphatic carbocycles. The molecule has 0 radical (unpaired) electrons. The number of anilines is 1. The van der Waals surface area contributed by atoms with Crippen LogP contribution in [0.25, 0.3) is 0 Å². The SMILES string of the molecule is CC(C)Cc1nnc(NC(=O)c2ccccc2I)s1. The highest BCUT2D eigenvalue weighted by Crippen LogP contribution is 2.20. The molecule has 2 aromatic rings. The normalized spacial score (nSPS) is 10.7. The summed E-state index contributed by atoms with van der Waals surface area (Å²) in [7, 11) is 0. The first-order chi connectivity index (χ1) is 9.06. The fourth-order valence-corrected chi connectivity index (χ4v) is 3.12. The summed E-state index contributed by atoms with van der Waals surface area (Å²) < 4.78 is 0.921. The van der Waals surface area contributed by atoms with E-state index >= 15 is 0 Å². The average Bonchev–Trinajstić information content (AvgIpc) is 2.76. The van der Waals surface area contributed by atoms with Crippen molar-refractivity contribution in [2.24, 2.45) is 5.92 Å². The molecule has 19 heavy (non-hydrogen) atoms. The molecule has 0 bridgehead atoms. The fraction of sp³-hybridized carbons (Fsp3) is 0.308. The number of rotatable bonds is 4. The zero-order valence-electron chi connectivity index (χ0n) is 10.7. The van der Waals surface area contributed by atoms with E-state index in [1.807, 2.05) is 18.2 Å². The Hall–Kier alpha value is -1.02. The van der Waals surface area contributed by atoms with Gasteiger partial charge in [0.25, 0.3) is 5.91 Å². The maximum absolute atomic E-state index is 12.1. The van der Waals surface area contributed by atoms with Gasteiger partial charge in [-0.3, -0.25) is 10.1 Å². The quantitative estimate of drug-likeness (QED) is 0.816. The molecule has 0 saturated carbocycles. The highest BCUT2D eigenvalue weighted by Gasteiger charge is 2.12. The van der Waals surface area contributed by atoms with Gasteiger partial charge in [-0.15, -0.1) is 10.2 Å². The molecule has 1 aromatic heterocycles. The second-order valence-electron chi connectivity index (χ2n) is 4.53. The Bertz CT molecular complexity index is 583. The van der Waals surface area contributed by atoms with Crippen LogP contribution in [0.3, 0.4) is 0 Å². The van der Waals surface area contributed by atoms with Gasteiger partial charge in [-0.05, 0) is 40.6 Å². The van der Waals surface area contributed by atoms with E-state index in [1.54, 1.807) is 6.07 Å². The van der Waals surface area contributed by atoms with Crippen LogP contribution in [-0.4, -0.2) is 16.1 Å². The summed E-state index contributed by atoms with van der Waals surface area (Å²) in [5, 5.41) is 12.4. The van der Waals surface area contributed by atoms with Crippen LogP contribution >= 0.6 is 33.9 Å². The Kier molecular flexibility index (Phi) is 4.87. The Morgan fingerprint density at radius 3 is 2.79 bits per heavy atom. The average molecular weight is 387 g/mol. The third-order valence-corrected chi connectivity index (χ3v) is 4.19. The molecule has 0 unspecified atom stereocenters. The highest BCUT2D eigenvalue weighted by atomic mass is 127. The second-order valence-corrected chi connectivity index (χ2v) is 6.76. The first-order valence-corrected chi connectivity index (χ1v) is 7.84. The van der Waals surface area contributed by atoms with E-state index in [0.29, 0.717) is 16.6 Å². The van der Waals surface area contributed by atoms with Crippen molar-refractivity contribution in [2.45, 2.75) is 20.3 Å². The van der Waals surface area contributed by atoms with Crippen LogP contribution in [0.2, 0.25) is 0 Å². The minimum Gasteiger partial charge on any atom is -0.296 e. The predicted molar refractivity (Wildman–Crippen MR) is 85.6 cm³/mol. The first-order valence-electron chi connectivity index (χ1n) is 5.94. The zero-order valence-corrected chi connectivity index (χ0v) is 13.7. The fourth-order valence-electron chi connectivity index (χ4n) is 1.55. The molecule has 1 amide bonds. The molecular weight excluding hydrogens is 373 g/mol. The number of carbonyl (C=O) groups excluding carboxylic acids is 1. The summed E-state index contributed by atoms with van der Waals surface area (Å²) in [5.74, 6) is 0.392. The van der Waals surface area contributed by atoms with Crippen molar-refractivity contribution in [3.05, 3.63) is 38.4 Å². The zero-order chi connectivity index (χ0) is 13.8. The van der Waals surface area contributed by atoms with E-state index in [2.05, 4.69) is 52.0 Å². The van der Waals surface area contributed by atoms with E-state index in [-0.39, 0.29) is 5.91 Å². The maximum atomic E-state index is 12.1. The van der Waals surface area contributed by atoms with Gasteiger partial charge >= 0.3 is 0 Å². The third kappa shape index (κ3) is 3.97. The molecule has 0 aliphatic heterocycles. The lowest BCUT2D eigenvalue weighted by atomic mass is 10.1. The standard InChI is InChI=1S/C13H14IN3OS/c1-8(2)7-11-16-17-13(19-11)15-12(18)9-5-3-4-6-10(9)14/h3-6,8H,7H2,1-2H3,(H,15,17,18). The summed E-state index contributed by atoms with van der Waals surface area (Å²) in [4.78, 5) is 12.1. The van der Waals surface area contributed by atoms with Crippen molar-refractivity contribution in [3.8, 4) is 0 Å². The number of carbonyl (C=O) groups is 1. The molecule has 0 aliphatic rings. The van der Waals surface area contributed by atoms with E-state index in [1.165, 1.54) is 11.3 Å². The Balaban J connectivity index is 2.07. The topological polar surface area (TPSA) is 54.9 Å². The van der Waals surface area contributed by atoms with Gasteiger partial charge in [0.2, 0.25) is 5.13 Å². The minimum absolute atomic E-state index is 0.141. The molecular formula is C13H14IN3OS. The number of amides is 1. The highest BCUT2D eigenvalue weighted by molar-refractivity contribution is 14.1. The van der Waals surface area contributed by atoms with Crippen molar-refractivity contribution in [1.29, 1.82) is 0 Å². The molecule has 0 saturated heterocycles. The number of hydrogen-bond donors (Lipinski definition) is 1. The smallest absolute Gasteiger partial charge is 0.258 e. The largest absolute Gasteiger partial charge is 0.296 e. The Labute approximate surface area is 129 Å². The summed E-state index contributed by atoms with van der Waals surface area (Å²) in [6.07, 6.45) is 0.885. The molecule has 1 N–H and O–H groups in total.